The van der Waals surface area contributed by atoms with Crippen LogP contribution in [-0.4, -0.2) is 20.2 Å². The molecule has 4 heteroatoms. The summed E-state index contributed by atoms with van der Waals surface area (Å²) in [7, 11) is 3.10. The molecule has 1 atom stereocenters. The van der Waals surface area contributed by atoms with Crippen LogP contribution in [0.2, 0.25) is 0 Å². The molecule has 4 nitrogen and oxygen atoms in total. The molecule has 1 heterocycles. The number of esters is 1. The van der Waals surface area contributed by atoms with Gasteiger partial charge in [0, 0.05) is 17.3 Å². The number of ether oxygens (including phenoxy) is 2. The van der Waals surface area contributed by atoms with E-state index < -0.39 is 0 Å². The summed E-state index contributed by atoms with van der Waals surface area (Å²) in [4.78, 5) is 14.8. The lowest BCUT2D eigenvalue weighted by atomic mass is 9.79. The molecule has 0 fully saturated rings. The first kappa shape index (κ1) is 18.4. The average molecular weight is 375 g/mol. The maximum Gasteiger partial charge on any atom is 0.354 e. The van der Waals surface area contributed by atoms with Crippen molar-refractivity contribution < 1.29 is 14.3 Å². The Morgan fingerprint density at radius 1 is 0.964 bits per heavy atom. The molecule has 0 radical (unpaired) electrons. The van der Waals surface area contributed by atoms with Crippen LogP contribution in [0.4, 0.5) is 5.69 Å². The van der Waals surface area contributed by atoms with E-state index in [0.717, 1.165) is 30.7 Å². The molecule has 1 aliphatic carbocycles. The largest absolute Gasteiger partial charge is 0.497 e. The van der Waals surface area contributed by atoms with Gasteiger partial charge in [-0.2, -0.15) is 0 Å². The van der Waals surface area contributed by atoms with Crippen LogP contribution in [-0.2, 0) is 9.53 Å². The number of rotatable bonds is 4. The van der Waals surface area contributed by atoms with Crippen LogP contribution in [0.1, 0.15) is 37.2 Å². The Bertz CT molecular complexity index is 913. The number of anilines is 1. The van der Waals surface area contributed by atoms with E-state index in [0.29, 0.717) is 5.70 Å². The van der Waals surface area contributed by atoms with E-state index in [9.17, 15) is 4.79 Å². The molecule has 2 aromatic carbocycles. The van der Waals surface area contributed by atoms with E-state index in [-0.39, 0.29) is 11.9 Å². The molecular weight excluding hydrogens is 350 g/mol. The Kier molecular flexibility index (Phi) is 5.20. The molecule has 0 aromatic heterocycles. The second-order valence-corrected chi connectivity index (χ2v) is 7.14. The molecule has 4 rings (SSSR count). The fourth-order valence-electron chi connectivity index (χ4n) is 4.23. The van der Waals surface area contributed by atoms with Crippen molar-refractivity contribution >= 4 is 11.7 Å². The number of carbonyl (C=O) groups is 1. The summed E-state index contributed by atoms with van der Waals surface area (Å²) >= 11 is 0. The monoisotopic (exact) mass is 375 g/mol. The second-order valence-electron chi connectivity index (χ2n) is 7.14. The second kappa shape index (κ2) is 7.93. The fraction of sp³-hybridized carbons (Fsp3) is 0.292. The van der Waals surface area contributed by atoms with Crippen molar-refractivity contribution in [3.8, 4) is 5.75 Å². The highest BCUT2D eigenvalue weighted by Gasteiger charge is 2.35. The highest BCUT2D eigenvalue weighted by atomic mass is 16.5. The minimum Gasteiger partial charge on any atom is -0.497 e. The zero-order chi connectivity index (χ0) is 19.5. The number of hydrogen-bond donors (Lipinski definition) is 0. The Morgan fingerprint density at radius 3 is 2.36 bits per heavy atom. The van der Waals surface area contributed by atoms with Crippen molar-refractivity contribution in [3.63, 3.8) is 0 Å². The van der Waals surface area contributed by atoms with E-state index in [1.807, 2.05) is 30.3 Å². The van der Waals surface area contributed by atoms with Crippen LogP contribution < -0.4 is 9.64 Å². The van der Waals surface area contributed by atoms with Gasteiger partial charge in [0.2, 0.25) is 0 Å². The molecule has 1 unspecified atom stereocenters. The van der Waals surface area contributed by atoms with Gasteiger partial charge in [-0.25, -0.2) is 4.79 Å². The molecule has 1 aliphatic heterocycles. The van der Waals surface area contributed by atoms with Gasteiger partial charge >= 0.3 is 5.97 Å². The van der Waals surface area contributed by atoms with Crippen LogP contribution in [0.5, 0.6) is 5.75 Å². The van der Waals surface area contributed by atoms with Crippen LogP contribution in [0.25, 0.3) is 0 Å². The summed E-state index contributed by atoms with van der Waals surface area (Å²) in [5, 5.41) is 0. The molecule has 144 valence electrons. The predicted molar refractivity (Wildman–Crippen MR) is 110 cm³/mol. The van der Waals surface area contributed by atoms with Gasteiger partial charge in [0.1, 0.15) is 11.4 Å². The van der Waals surface area contributed by atoms with Crippen molar-refractivity contribution in [3.05, 3.63) is 83.2 Å². The van der Waals surface area contributed by atoms with E-state index in [1.165, 1.54) is 30.4 Å². The number of benzene rings is 2. The van der Waals surface area contributed by atoms with Crippen LogP contribution in [0.15, 0.2) is 77.6 Å². The predicted octanol–water partition coefficient (Wildman–Crippen LogP) is 5.18. The van der Waals surface area contributed by atoms with Gasteiger partial charge in [-0.3, -0.25) is 0 Å². The Morgan fingerprint density at radius 2 is 1.68 bits per heavy atom. The number of nitrogens with zero attached hydrogens (tertiary/aromatic N) is 1. The van der Waals surface area contributed by atoms with Gasteiger partial charge in [-0.1, -0.05) is 30.3 Å². The van der Waals surface area contributed by atoms with Gasteiger partial charge < -0.3 is 14.4 Å². The van der Waals surface area contributed by atoms with E-state index in [2.05, 4.69) is 35.2 Å². The number of methoxy groups -OCH3 is 2. The van der Waals surface area contributed by atoms with Gasteiger partial charge in [-0.05, 0) is 67.2 Å². The van der Waals surface area contributed by atoms with E-state index in [4.69, 9.17) is 9.47 Å². The molecule has 0 spiro atoms. The van der Waals surface area contributed by atoms with Gasteiger partial charge in [0.25, 0.3) is 0 Å². The maximum atomic E-state index is 12.7. The van der Waals surface area contributed by atoms with Crippen molar-refractivity contribution in [2.45, 2.75) is 31.6 Å². The number of allylic oxidation sites excluding steroid dienone is 3. The van der Waals surface area contributed by atoms with Crippen molar-refractivity contribution in [1.82, 2.24) is 0 Å². The Labute approximate surface area is 166 Å². The van der Waals surface area contributed by atoms with E-state index in [1.54, 1.807) is 7.11 Å². The molecule has 0 N–H and O–H groups in total. The van der Waals surface area contributed by atoms with Crippen LogP contribution >= 0.6 is 0 Å². The smallest absolute Gasteiger partial charge is 0.354 e. The minimum absolute atomic E-state index is 0.111. The lowest BCUT2D eigenvalue weighted by Gasteiger charge is -2.39. The summed E-state index contributed by atoms with van der Waals surface area (Å²) in [5.74, 6) is 0.596. The van der Waals surface area contributed by atoms with Crippen LogP contribution in [0.3, 0.4) is 0 Å². The summed E-state index contributed by atoms with van der Waals surface area (Å²) in [6.45, 7) is 0. The number of carbonyl (C=O) groups excluding carboxylic acids is 1. The molecule has 0 saturated carbocycles. The average Bonchev–Trinajstić information content (AvgIpc) is 2.78. The lowest BCUT2D eigenvalue weighted by molar-refractivity contribution is -0.136. The lowest BCUT2D eigenvalue weighted by Crippen LogP contribution is -2.34. The van der Waals surface area contributed by atoms with Crippen molar-refractivity contribution in [2.75, 3.05) is 19.1 Å². The third-order valence-corrected chi connectivity index (χ3v) is 5.57. The minimum atomic E-state index is -0.311. The molecule has 0 amide bonds. The number of hydrogen-bond acceptors (Lipinski definition) is 4. The highest BCUT2D eigenvalue weighted by molar-refractivity contribution is 5.95. The molecule has 28 heavy (non-hydrogen) atoms. The van der Waals surface area contributed by atoms with Crippen LogP contribution in [0, 0.1) is 0 Å². The SMILES string of the molecule is COC(=O)C1=CC(c2ccccc2)C2=C(CCCC2)N1c1ccc(OC)cc1. The molecular formula is C24H25NO3. The molecule has 2 aliphatic rings. The zero-order valence-corrected chi connectivity index (χ0v) is 16.4. The first-order valence-electron chi connectivity index (χ1n) is 9.74. The topological polar surface area (TPSA) is 38.8 Å². The first-order chi connectivity index (χ1) is 13.7. The summed E-state index contributed by atoms with van der Waals surface area (Å²) in [5.41, 5.74) is 5.39. The van der Waals surface area contributed by atoms with Gasteiger partial charge in [0.05, 0.1) is 14.2 Å². The zero-order valence-electron chi connectivity index (χ0n) is 16.4. The fourth-order valence-corrected chi connectivity index (χ4v) is 4.23. The summed E-state index contributed by atoms with van der Waals surface area (Å²) in [6, 6.07) is 18.3. The molecule has 2 aromatic rings. The van der Waals surface area contributed by atoms with Gasteiger partial charge in [-0.15, -0.1) is 0 Å². The highest BCUT2D eigenvalue weighted by Crippen LogP contribution is 2.45. The standard InChI is InChI=1S/C24H25NO3/c1-27-19-14-12-18(13-15-19)25-22-11-7-6-10-20(22)21(16-23(25)24(26)28-2)17-8-4-3-5-9-17/h3-5,8-9,12-16,21H,6-7,10-11H2,1-2H3. The normalized spacial score (nSPS) is 19.0. The maximum absolute atomic E-state index is 12.7. The molecule has 0 saturated heterocycles. The summed E-state index contributed by atoms with van der Waals surface area (Å²) in [6.07, 6.45) is 6.38. The Balaban J connectivity index is 1.86. The third kappa shape index (κ3) is 3.31. The van der Waals surface area contributed by atoms with E-state index >= 15 is 0 Å². The molecule has 0 bridgehead atoms. The first-order valence-corrected chi connectivity index (χ1v) is 9.74. The van der Waals surface area contributed by atoms with Crippen molar-refractivity contribution in [2.24, 2.45) is 0 Å². The quantitative estimate of drug-likeness (QED) is 0.690. The summed E-state index contributed by atoms with van der Waals surface area (Å²) < 4.78 is 10.5. The third-order valence-electron chi connectivity index (χ3n) is 5.57. The Hall–Kier alpha value is -3.01. The van der Waals surface area contributed by atoms with Crippen molar-refractivity contribution in [1.29, 1.82) is 0 Å². The van der Waals surface area contributed by atoms with Gasteiger partial charge in [0.15, 0.2) is 0 Å².